The molecular weight excluding hydrogens is 544 g/mol. The third-order valence-corrected chi connectivity index (χ3v) is 8.67. The van der Waals surface area contributed by atoms with Crippen molar-refractivity contribution in [2.24, 2.45) is 0 Å². The Morgan fingerprint density at radius 1 is 0.478 bits per heavy atom. The molecule has 0 unspecified atom stereocenters. The fraction of sp³-hybridized carbons (Fsp3) is 0.750. The van der Waals surface area contributed by atoms with Crippen LogP contribution in [0.1, 0.15) is 0 Å². The van der Waals surface area contributed by atoms with Gasteiger partial charge < -0.3 is 0 Å². The molecule has 0 rings (SSSR count). The van der Waals surface area contributed by atoms with Crippen molar-refractivity contribution in [3.8, 4) is 0 Å². The molecule has 0 saturated heterocycles. The van der Waals surface area contributed by atoms with E-state index in [1.54, 1.807) is 0 Å². The van der Waals surface area contributed by atoms with Crippen molar-refractivity contribution in [3.63, 3.8) is 0 Å². The van der Waals surface area contributed by atoms with Gasteiger partial charge in [0.05, 0.1) is 3.91 Å². The van der Waals surface area contributed by atoms with Crippen LogP contribution in [0.4, 0.5) is 39.5 Å². The van der Waals surface area contributed by atoms with Crippen molar-refractivity contribution >= 4 is 29.5 Å². The van der Waals surface area contributed by atoms with Crippen molar-refractivity contribution in [2.75, 3.05) is 0 Å². The SMILES string of the molecule is O=S(=O)([C-](S(=O)(=O)C(F)(F)F)S(=O)(=O)C(F)(F)F)C(F)(F)F.[Cs+]. The van der Waals surface area contributed by atoms with Crippen LogP contribution in [-0.4, -0.2) is 41.8 Å². The van der Waals surface area contributed by atoms with E-state index in [4.69, 9.17) is 0 Å². The van der Waals surface area contributed by atoms with Gasteiger partial charge in [0.2, 0.25) is 0 Å². The first-order valence-electron chi connectivity index (χ1n) is 3.93. The van der Waals surface area contributed by atoms with Crippen LogP contribution in [0.25, 0.3) is 0 Å². The summed E-state index contributed by atoms with van der Waals surface area (Å²) in [6.45, 7) is 0. The molecule has 0 saturated carbocycles. The molecule has 0 aliphatic heterocycles. The van der Waals surface area contributed by atoms with Crippen molar-refractivity contribution < 1.29 is 134 Å². The Kier molecular flexibility index (Phi) is 8.20. The summed E-state index contributed by atoms with van der Waals surface area (Å²) >= 11 is 0. The minimum atomic E-state index is -8.02. The van der Waals surface area contributed by atoms with Crippen LogP contribution in [0.15, 0.2) is 0 Å². The predicted molar refractivity (Wildman–Crippen MR) is 48.2 cm³/mol. The summed E-state index contributed by atoms with van der Waals surface area (Å²) in [5.41, 5.74) is -21.2. The molecule has 0 aromatic carbocycles. The second-order valence-electron chi connectivity index (χ2n) is 3.10. The molecule has 23 heavy (non-hydrogen) atoms. The van der Waals surface area contributed by atoms with Gasteiger partial charge in [-0.15, -0.1) is 0 Å². The normalized spacial score (nSPS) is 15.4. The van der Waals surface area contributed by atoms with Gasteiger partial charge in [-0.3, -0.25) is 25.3 Å². The molecule has 0 aliphatic carbocycles. The van der Waals surface area contributed by atoms with Crippen molar-refractivity contribution in [1.29, 1.82) is 0 Å². The number of sulfone groups is 3. The molecule has 0 aromatic heterocycles. The van der Waals surface area contributed by atoms with Crippen LogP contribution in [0, 0.1) is 3.91 Å². The zero-order valence-corrected chi connectivity index (χ0v) is 18.8. The third kappa shape index (κ3) is 4.92. The Labute approximate surface area is 181 Å². The Bertz CT molecular complexity index is 634. The Hall–Kier alpha value is 1.27. The van der Waals surface area contributed by atoms with Crippen molar-refractivity contribution in [1.82, 2.24) is 0 Å². The fourth-order valence-electron chi connectivity index (χ4n) is 0.717. The summed E-state index contributed by atoms with van der Waals surface area (Å²) in [6.07, 6.45) is 0. The minimum absolute atomic E-state index is 0. The molecule has 0 spiro atoms. The van der Waals surface area contributed by atoms with Gasteiger partial charge in [-0.1, -0.05) is 0 Å². The molecule has 0 fully saturated rings. The summed E-state index contributed by atoms with van der Waals surface area (Å²) in [4.78, 5) is 0. The molecule has 0 aliphatic rings. The molecule has 0 amide bonds. The van der Waals surface area contributed by atoms with Gasteiger partial charge in [0.1, 0.15) is 0 Å². The maximum atomic E-state index is 12.0. The fourth-order valence-corrected chi connectivity index (χ4v) is 6.45. The first-order chi connectivity index (χ1) is 9.12. The number of alkyl halides is 9. The van der Waals surface area contributed by atoms with E-state index in [2.05, 4.69) is 0 Å². The van der Waals surface area contributed by atoms with E-state index in [-0.39, 0.29) is 68.9 Å². The first kappa shape index (κ1) is 26.5. The molecule has 0 atom stereocenters. The summed E-state index contributed by atoms with van der Waals surface area (Å²) < 4.78 is 167. The van der Waals surface area contributed by atoms with Gasteiger partial charge in [-0.05, 0) is 0 Å². The van der Waals surface area contributed by atoms with Crippen LogP contribution in [0.2, 0.25) is 0 Å². The van der Waals surface area contributed by atoms with Crippen molar-refractivity contribution in [2.45, 2.75) is 16.5 Å². The second-order valence-corrected chi connectivity index (χ2v) is 9.51. The zero-order chi connectivity index (χ0) is 18.6. The predicted octanol–water partition coefficient (Wildman–Crippen LogP) is -1.76. The van der Waals surface area contributed by atoms with Crippen LogP contribution < -0.4 is 68.9 Å². The summed E-state index contributed by atoms with van der Waals surface area (Å²) in [5, 5.41) is 0. The maximum Gasteiger partial charge on any atom is 1.00 e. The number of halogens is 9. The summed E-state index contributed by atoms with van der Waals surface area (Å²) in [7, 11) is -24.1. The standard InChI is InChI=1S/C4F9O6S3.Cs/c5-2(6,7)20(14,15)1(21(16,17)3(8,9)10)22(18,19)4(11,12)13;/q-1;+1. The Balaban J connectivity index is 0. The molecule has 6 nitrogen and oxygen atoms in total. The molecule has 19 heteroatoms. The van der Waals surface area contributed by atoms with E-state index in [9.17, 15) is 64.8 Å². The Morgan fingerprint density at radius 2 is 0.609 bits per heavy atom. The molecule has 0 heterocycles. The van der Waals surface area contributed by atoms with Gasteiger partial charge in [-0.25, -0.2) is 0 Å². The summed E-state index contributed by atoms with van der Waals surface area (Å²) in [6, 6.07) is 0. The van der Waals surface area contributed by atoms with Crippen LogP contribution in [0.3, 0.4) is 0 Å². The van der Waals surface area contributed by atoms with Gasteiger partial charge in [0, 0.05) is 0 Å². The number of rotatable bonds is 3. The van der Waals surface area contributed by atoms with Crippen LogP contribution in [0.5, 0.6) is 0 Å². The topological polar surface area (TPSA) is 102 Å². The maximum absolute atomic E-state index is 12.0. The van der Waals surface area contributed by atoms with Gasteiger partial charge in [0.15, 0.2) is 29.5 Å². The minimum Gasteiger partial charge on any atom is -0.251 e. The largest absolute Gasteiger partial charge is 1.00 e. The van der Waals surface area contributed by atoms with E-state index in [0.29, 0.717) is 0 Å². The van der Waals surface area contributed by atoms with Gasteiger partial charge in [-0.2, -0.15) is 39.5 Å². The monoisotopic (exact) mass is 544 g/mol. The number of hydrogen-bond donors (Lipinski definition) is 0. The van der Waals surface area contributed by atoms with Crippen LogP contribution in [-0.2, 0) is 29.5 Å². The second kappa shape index (κ2) is 7.12. The Morgan fingerprint density at radius 3 is 0.696 bits per heavy atom. The molecule has 0 bridgehead atoms. The average molecular weight is 544 g/mol. The summed E-state index contributed by atoms with van der Waals surface area (Å²) in [5.74, 6) is 0. The molecule has 0 N–H and O–H groups in total. The van der Waals surface area contributed by atoms with E-state index < -0.39 is 50.0 Å². The molecular formula is C4CsF9O6S3. The van der Waals surface area contributed by atoms with Gasteiger partial charge >= 0.3 is 85.4 Å². The van der Waals surface area contributed by atoms with E-state index in [1.807, 2.05) is 0 Å². The van der Waals surface area contributed by atoms with Crippen molar-refractivity contribution in [3.05, 3.63) is 3.91 Å². The molecule has 134 valence electrons. The van der Waals surface area contributed by atoms with Gasteiger partial charge in [0.25, 0.3) is 0 Å². The number of hydrogen-bond acceptors (Lipinski definition) is 6. The van der Waals surface area contributed by atoms with Crippen LogP contribution >= 0.6 is 0 Å². The smallest absolute Gasteiger partial charge is 0.251 e. The van der Waals surface area contributed by atoms with E-state index in [0.717, 1.165) is 0 Å². The average Bonchev–Trinajstić information content (AvgIpc) is 2.09. The quantitative estimate of drug-likeness (QED) is 0.309. The first-order valence-corrected chi connectivity index (χ1v) is 8.38. The van der Waals surface area contributed by atoms with E-state index >= 15 is 0 Å². The zero-order valence-electron chi connectivity index (χ0n) is 10.1. The molecule has 0 aromatic rings. The molecule has 0 radical (unpaired) electrons. The van der Waals surface area contributed by atoms with E-state index in [1.165, 1.54) is 0 Å². The third-order valence-electron chi connectivity index (χ3n) is 1.57.